The van der Waals surface area contributed by atoms with Gasteiger partial charge < -0.3 is 15.8 Å². The highest BCUT2D eigenvalue weighted by Gasteiger charge is 2.32. The Labute approximate surface area is 114 Å². The number of hydrogen-bond donors (Lipinski definition) is 2. The van der Waals surface area contributed by atoms with Crippen LogP contribution in [0, 0.1) is 0 Å². The summed E-state index contributed by atoms with van der Waals surface area (Å²) in [6, 6.07) is 9.84. The third-order valence-electron chi connectivity index (χ3n) is 3.63. The van der Waals surface area contributed by atoms with E-state index >= 15 is 0 Å². The molecular weight excluding hydrogens is 240 g/mol. The van der Waals surface area contributed by atoms with Crippen LogP contribution >= 0.6 is 0 Å². The molecule has 1 aliphatic carbocycles. The molecule has 19 heavy (non-hydrogen) atoms. The zero-order valence-corrected chi connectivity index (χ0v) is 11.4. The van der Waals surface area contributed by atoms with Gasteiger partial charge >= 0.3 is 6.09 Å². The normalized spacial score (nSPS) is 26.7. The van der Waals surface area contributed by atoms with Gasteiger partial charge in [0.1, 0.15) is 6.61 Å². The number of carbonyl (C=O) groups is 1. The lowest BCUT2D eigenvalue weighted by molar-refractivity contribution is 0.119. The van der Waals surface area contributed by atoms with Crippen LogP contribution in [0.25, 0.3) is 0 Å². The third kappa shape index (κ3) is 4.24. The van der Waals surface area contributed by atoms with Crippen molar-refractivity contribution < 1.29 is 9.53 Å². The van der Waals surface area contributed by atoms with Crippen molar-refractivity contribution in [3.8, 4) is 0 Å². The van der Waals surface area contributed by atoms with Gasteiger partial charge in [0.2, 0.25) is 0 Å². The maximum Gasteiger partial charge on any atom is 0.407 e. The summed E-state index contributed by atoms with van der Waals surface area (Å²) < 4.78 is 5.24. The summed E-state index contributed by atoms with van der Waals surface area (Å²) in [5.74, 6) is 0. The molecule has 1 aromatic rings. The summed E-state index contributed by atoms with van der Waals surface area (Å²) in [6.45, 7) is 2.34. The lowest BCUT2D eigenvalue weighted by atomic mass is 9.81. The number of nitrogens with one attached hydrogen (secondary N) is 1. The van der Waals surface area contributed by atoms with Gasteiger partial charge in [-0.3, -0.25) is 0 Å². The van der Waals surface area contributed by atoms with E-state index in [4.69, 9.17) is 10.5 Å². The first-order valence-electron chi connectivity index (χ1n) is 6.82. The molecule has 1 fully saturated rings. The van der Waals surface area contributed by atoms with Crippen molar-refractivity contribution in [2.75, 3.05) is 0 Å². The largest absolute Gasteiger partial charge is 0.445 e. The van der Waals surface area contributed by atoms with Gasteiger partial charge in [-0.15, -0.1) is 0 Å². The highest BCUT2D eigenvalue weighted by atomic mass is 16.5. The van der Waals surface area contributed by atoms with Gasteiger partial charge in [-0.05, 0) is 38.2 Å². The zero-order valence-electron chi connectivity index (χ0n) is 11.4. The summed E-state index contributed by atoms with van der Waals surface area (Å²) >= 11 is 0. The number of hydrogen-bond acceptors (Lipinski definition) is 3. The average molecular weight is 262 g/mol. The van der Waals surface area contributed by atoms with Crippen LogP contribution in [0.15, 0.2) is 30.3 Å². The predicted octanol–water partition coefficient (Wildman–Crippen LogP) is 2.57. The van der Waals surface area contributed by atoms with Gasteiger partial charge in [0.05, 0.1) is 0 Å². The molecule has 1 amide bonds. The second kappa shape index (κ2) is 6.06. The summed E-state index contributed by atoms with van der Waals surface area (Å²) in [4.78, 5) is 11.8. The van der Waals surface area contributed by atoms with E-state index in [0.717, 1.165) is 31.2 Å². The molecule has 4 nitrogen and oxygen atoms in total. The summed E-state index contributed by atoms with van der Waals surface area (Å²) in [6.07, 6.45) is 3.50. The standard InChI is InChI=1S/C15H22N2O2/c1-15(9-5-8-13(16)10-15)17-14(18)19-11-12-6-3-2-4-7-12/h2-4,6-7,13H,5,8-11,16H2,1H3,(H,17,18)/t13-,15+/m0/s1. The molecule has 0 saturated heterocycles. The number of nitrogens with two attached hydrogens (primary N) is 1. The average Bonchev–Trinajstić information content (AvgIpc) is 2.37. The molecule has 4 heteroatoms. The van der Waals surface area contributed by atoms with Crippen LogP contribution in [0.1, 0.15) is 38.2 Å². The Balaban J connectivity index is 1.81. The second-order valence-corrected chi connectivity index (χ2v) is 5.60. The molecule has 2 atom stereocenters. The van der Waals surface area contributed by atoms with Crippen molar-refractivity contribution in [3.05, 3.63) is 35.9 Å². The maximum absolute atomic E-state index is 11.8. The fraction of sp³-hybridized carbons (Fsp3) is 0.533. The van der Waals surface area contributed by atoms with Crippen molar-refractivity contribution in [2.45, 2.75) is 50.8 Å². The smallest absolute Gasteiger partial charge is 0.407 e. The second-order valence-electron chi connectivity index (χ2n) is 5.60. The Morgan fingerprint density at radius 3 is 2.89 bits per heavy atom. The van der Waals surface area contributed by atoms with Gasteiger partial charge in [0.15, 0.2) is 0 Å². The number of carbonyl (C=O) groups excluding carboxylic acids is 1. The Morgan fingerprint density at radius 1 is 1.47 bits per heavy atom. The minimum absolute atomic E-state index is 0.174. The van der Waals surface area contributed by atoms with E-state index < -0.39 is 0 Å². The Bertz CT molecular complexity index is 421. The van der Waals surface area contributed by atoms with Crippen molar-refractivity contribution >= 4 is 6.09 Å². The van der Waals surface area contributed by atoms with Crippen LogP contribution in [0.4, 0.5) is 4.79 Å². The summed E-state index contributed by atoms with van der Waals surface area (Å²) in [7, 11) is 0. The summed E-state index contributed by atoms with van der Waals surface area (Å²) in [5, 5.41) is 2.95. The van der Waals surface area contributed by atoms with Crippen LogP contribution in [0.2, 0.25) is 0 Å². The van der Waals surface area contributed by atoms with Crippen LogP contribution in [-0.2, 0) is 11.3 Å². The Morgan fingerprint density at radius 2 is 2.21 bits per heavy atom. The number of benzene rings is 1. The first kappa shape index (κ1) is 13.9. The van der Waals surface area contributed by atoms with Crippen molar-refractivity contribution in [3.63, 3.8) is 0 Å². The lowest BCUT2D eigenvalue weighted by Crippen LogP contribution is -2.51. The fourth-order valence-corrected chi connectivity index (χ4v) is 2.66. The first-order valence-corrected chi connectivity index (χ1v) is 6.82. The molecule has 0 aromatic heterocycles. The van der Waals surface area contributed by atoms with Gasteiger partial charge in [-0.2, -0.15) is 0 Å². The van der Waals surface area contributed by atoms with E-state index in [0.29, 0.717) is 6.61 Å². The molecule has 2 rings (SSSR count). The van der Waals surface area contributed by atoms with Crippen molar-refractivity contribution in [2.24, 2.45) is 5.73 Å². The maximum atomic E-state index is 11.8. The molecule has 1 aliphatic rings. The molecule has 0 spiro atoms. The molecule has 1 saturated carbocycles. The van der Waals surface area contributed by atoms with Gasteiger partial charge in [0.25, 0.3) is 0 Å². The van der Waals surface area contributed by atoms with E-state index in [-0.39, 0.29) is 17.7 Å². The van der Waals surface area contributed by atoms with Crippen LogP contribution in [0.3, 0.4) is 0 Å². The molecule has 0 aliphatic heterocycles. The van der Waals surface area contributed by atoms with E-state index in [2.05, 4.69) is 5.32 Å². The summed E-state index contributed by atoms with van der Waals surface area (Å²) in [5.41, 5.74) is 6.72. The lowest BCUT2D eigenvalue weighted by Gasteiger charge is -2.37. The number of alkyl carbamates (subject to hydrolysis) is 1. The van der Waals surface area contributed by atoms with Crippen LogP contribution in [0.5, 0.6) is 0 Å². The highest BCUT2D eigenvalue weighted by molar-refractivity contribution is 5.68. The van der Waals surface area contributed by atoms with E-state index in [9.17, 15) is 4.79 Å². The number of amides is 1. The minimum atomic E-state index is -0.361. The molecule has 0 unspecified atom stereocenters. The van der Waals surface area contributed by atoms with E-state index in [1.165, 1.54) is 0 Å². The Hall–Kier alpha value is -1.55. The van der Waals surface area contributed by atoms with E-state index in [1.807, 2.05) is 37.3 Å². The van der Waals surface area contributed by atoms with Crippen molar-refractivity contribution in [1.29, 1.82) is 0 Å². The van der Waals surface area contributed by atoms with Gasteiger partial charge in [-0.1, -0.05) is 30.3 Å². The molecular formula is C15H22N2O2. The zero-order chi connectivity index (χ0) is 13.7. The van der Waals surface area contributed by atoms with Gasteiger partial charge in [0, 0.05) is 11.6 Å². The third-order valence-corrected chi connectivity index (χ3v) is 3.63. The topological polar surface area (TPSA) is 64.3 Å². The molecule has 0 bridgehead atoms. The van der Waals surface area contributed by atoms with E-state index in [1.54, 1.807) is 0 Å². The highest BCUT2D eigenvalue weighted by Crippen LogP contribution is 2.27. The number of rotatable bonds is 3. The molecule has 1 aromatic carbocycles. The first-order chi connectivity index (χ1) is 9.07. The monoisotopic (exact) mass is 262 g/mol. The molecule has 0 radical (unpaired) electrons. The molecule has 104 valence electrons. The molecule has 3 N–H and O–H groups in total. The SMILES string of the molecule is C[C@@]1(NC(=O)OCc2ccccc2)CCC[C@H](N)C1. The Kier molecular flexibility index (Phi) is 4.43. The quantitative estimate of drug-likeness (QED) is 0.880. The van der Waals surface area contributed by atoms with Gasteiger partial charge in [-0.25, -0.2) is 4.79 Å². The van der Waals surface area contributed by atoms with Crippen LogP contribution < -0.4 is 11.1 Å². The predicted molar refractivity (Wildman–Crippen MR) is 74.6 cm³/mol. The molecule has 0 heterocycles. The number of ether oxygens (including phenoxy) is 1. The van der Waals surface area contributed by atoms with Crippen LogP contribution in [-0.4, -0.2) is 17.7 Å². The fourth-order valence-electron chi connectivity index (χ4n) is 2.66. The van der Waals surface area contributed by atoms with Crippen molar-refractivity contribution in [1.82, 2.24) is 5.32 Å². The minimum Gasteiger partial charge on any atom is -0.445 e.